The van der Waals surface area contributed by atoms with Crippen LogP contribution in [0.3, 0.4) is 0 Å². The number of rotatable bonds is 5. The first kappa shape index (κ1) is 12.9. The molecule has 3 N–H and O–H groups in total. The summed E-state index contributed by atoms with van der Waals surface area (Å²) in [6.07, 6.45) is 1.54. The molecule has 6 nitrogen and oxygen atoms in total. The summed E-state index contributed by atoms with van der Waals surface area (Å²) in [4.78, 5) is 21.6. The number of nitrogens with one attached hydrogen (secondary N) is 1. The summed E-state index contributed by atoms with van der Waals surface area (Å²) < 4.78 is 5.36. The number of carboxylic acid groups (broad SMARTS) is 1. The fraction of sp³-hybridized carbons (Fsp3) is 0.800. The lowest BCUT2D eigenvalue weighted by atomic mass is 10.1. The monoisotopic (exact) mass is 231 g/mol. The summed E-state index contributed by atoms with van der Waals surface area (Å²) in [6, 6.07) is 0. The predicted molar refractivity (Wildman–Crippen MR) is 54.9 cm³/mol. The van der Waals surface area contributed by atoms with Crippen molar-refractivity contribution in [2.45, 2.75) is 37.9 Å². The van der Waals surface area contributed by atoms with Crippen molar-refractivity contribution in [3.63, 3.8) is 0 Å². The first-order chi connectivity index (χ1) is 7.59. The lowest BCUT2D eigenvalue weighted by Gasteiger charge is -2.22. The van der Waals surface area contributed by atoms with E-state index in [9.17, 15) is 9.59 Å². The third-order valence-electron chi connectivity index (χ3n) is 2.46. The normalized spacial score (nSPS) is 22.4. The molecule has 1 unspecified atom stereocenters. The van der Waals surface area contributed by atoms with Crippen LogP contribution in [-0.4, -0.2) is 47.4 Å². The number of amides is 1. The van der Waals surface area contributed by atoms with Crippen LogP contribution in [0.25, 0.3) is 0 Å². The van der Waals surface area contributed by atoms with Crippen molar-refractivity contribution in [2.24, 2.45) is 0 Å². The minimum absolute atomic E-state index is 0.0734. The molecule has 1 rings (SSSR count). The van der Waals surface area contributed by atoms with Gasteiger partial charge in [-0.05, 0) is 19.3 Å². The van der Waals surface area contributed by atoms with Gasteiger partial charge in [-0.3, -0.25) is 4.79 Å². The van der Waals surface area contributed by atoms with Crippen molar-refractivity contribution < 1.29 is 24.5 Å². The summed E-state index contributed by atoms with van der Waals surface area (Å²) in [5.41, 5.74) is 0. The smallest absolute Gasteiger partial charge is 0.334 e. The van der Waals surface area contributed by atoms with Gasteiger partial charge in [-0.25, -0.2) is 4.79 Å². The minimum Gasteiger partial charge on any atom is -0.479 e. The highest BCUT2D eigenvalue weighted by molar-refractivity contribution is 5.78. The van der Waals surface area contributed by atoms with Crippen LogP contribution in [0.15, 0.2) is 0 Å². The molecule has 1 heterocycles. The van der Waals surface area contributed by atoms with Gasteiger partial charge in [-0.1, -0.05) is 0 Å². The Balaban J connectivity index is 2.17. The van der Waals surface area contributed by atoms with Gasteiger partial charge in [0.25, 0.3) is 0 Å². The lowest BCUT2D eigenvalue weighted by molar-refractivity contribution is -0.146. The first-order valence-electron chi connectivity index (χ1n) is 5.38. The topological polar surface area (TPSA) is 95.9 Å². The number of carbonyl (C=O) groups excluding carboxylic acids is 1. The molecule has 0 aromatic heterocycles. The Morgan fingerprint density at radius 1 is 1.44 bits per heavy atom. The van der Waals surface area contributed by atoms with Crippen LogP contribution < -0.4 is 5.32 Å². The zero-order valence-corrected chi connectivity index (χ0v) is 9.02. The van der Waals surface area contributed by atoms with E-state index in [1.807, 2.05) is 0 Å². The van der Waals surface area contributed by atoms with E-state index in [2.05, 4.69) is 5.32 Å². The third-order valence-corrected chi connectivity index (χ3v) is 2.46. The molecule has 1 aliphatic rings. The van der Waals surface area contributed by atoms with Crippen molar-refractivity contribution in [1.82, 2.24) is 5.32 Å². The molecule has 2 atom stereocenters. The first-order valence-corrected chi connectivity index (χ1v) is 5.38. The van der Waals surface area contributed by atoms with E-state index in [0.717, 1.165) is 19.3 Å². The zero-order valence-electron chi connectivity index (χ0n) is 9.02. The molecule has 92 valence electrons. The van der Waals surface area contributed by atoms with Crippen LogP contribution in [0.5, 0.6) is 0 Å². The quantitative estimate of drug-likeness (QED) is 0.593. The maximum Gasteiger partial charge on any atom is 0.334 e. The number of hydrogen-bond acceptors (Lipinski definition) is 4. The van der Waals surface area contributed by atoms with Gasteiger partial charge in [-0.15, -0.1) is 0 Å². The zero-order chi connectivity index (χ0) is 12.0. The number of aliphatic carboxylic acids is 1. The molecule has 1 fully saturated rings. The van der Waals surface area contributed by atoms with Gasteiger partial charge in [0.2, 0.25) is 5.91 Å². The Bertz CT molecular complexity index is 250. The second kappa shape index (κ2) is 6.44. The Labute approximate surface area is 93.6 Å². The van der Waals surface area contributed by atoms with Gasteiger partial charge >= 0.3 is 5.97 Å². The van der Waals surface area contributed by atoms with Gasteiger partial charge in [0, 0.05) is 6.61 Å². The fourth-order valence-electron chi connectivity index (χ4n) is 1.55. The highest BCUT2D eigenvalue weighted by atomic mass is 16.5. The standard InChI is InChI=1S/C10H17NO5/c12-8(10(14)15)6-11-9(13)5-7-3-1-2-4-16-7/h7-8,12H,1-6H2,(H,11,13)(H,14,15)/t7?,8-/m0/s1. The van der Waals surface area contributed by atoms with Crippen LogP contribution >= 0.6 is 0 Å². The molecule has 0 spiro atoms. The van der Waals surface area contributed by atoms with Crippen LogP contribution in [0, 0.1) is 0 Å². The van der Waals surface area contributed by atoms with Crippen molar-refractivity contribution >= 4 is 11.9 Å². The molecule has 0 bridgehead atoms. The molecule has 1 saturated heterocycles. The van der Waals surface area contributed by atoms with Gasteiger partial charge in [0.05, 0.1) is 19.1 Å². The van der Waals surface area contributed by atoms with Gasteiger partial charge in [0.15, 0.2) is 6.10 Å². The van der Waals surface area contributed by atoms with Crippen LogP contribution in [0.4, 0.5) is 0 Å². The maximum absolute atomic E-state index is 11.3. The fourth-order valence-corrected chi connectivity index (χ4v) is 1.55. The summed E-state index contributed by atoms with van der Waals surface area (Å²) >= 11 is 0. The largest absolute Gasteiger partial charge is 0.479 e. The number of aliphatic hydroxyl groups is 1. The molecule has 16 heavy (non-hydrogen) atoms. The molecular formula is C10H17NO5. The summed E-state index contributed by atoms with van der Waals surface area (Å²) in [6.45, 7) is 0.413. The van der Waals surface area contributed by atoms with E-state index in [4.69, 9.17) is 14.9 Å². The number of aliphatic hydroxyl groups excluding tert-OH is 1. The second-order valence-corrected chi connectivity index (χ2v) is 3.85. The van der Waals surface area contributed by atoms with Crippen molar-refractivity contribution in [3.05, 3.63) is 0 Å². The number of hydrogen-bond donors (Lipinski definition) is 3. The molecule has 1 aliphatic heterocycles. The van der Waals surface area contributed by atoms with Gasteiger partial charge in [0.1, 0.15) is 0 Å². The molecule has 0 saturated carbocycles. The van der Waals surface area contributed by atoms with E-state index in [1.165, 1.54) is 0 Å². The Kier molecular flexibility index (Phi) is 5.21. The van der Waals surface area contributed by atoms with Gasteiger partial charge in [-0.2, -0.15) is 0 Å². The summed E-state index contributed by atoms with van der Waals surface area (Å²) in [5, 5.41) is 19.7. The van der Waals surface area contributed by atoms with Crippen molar-refractivity contribution in [2.75, 3.05) is 13.2 Å². The average molecular weight is 231 g/mol. The van der Waals surface area contributed by atoms with E-state index in [-0.39, 0.29) is 25.0 Å². The SMILES string of the molecule is O=C(CC1CCCCO1)NC[C@H](O)C(=O)O. The minimum atomic E-state index is -1.55. The van der Waals surface area contributed by atoms with Gasteiger partial charge < -0.3 is 20.3 Å². The second-order valence-electron chi connectivity index (χ2n) is 3.85. The molecule has 0 aliphatic carbocycles. The molecule has 0 radical (unpaired) electrons. The van der Waals surface area contributed by atoms with E-state index < -0.39 is 12.1 Å². The predicted octanol–water partition coefficient (Wildman–Crippen LogP) is -0.493. The third kappa shape index (κ3) is 4.59. The molecule has 1 amide bonds. The van der Waals surface area contributed by atoms with Crippen LogP contribution in [-0.2, 0) is 14.3 Å². The summed E-state index contributed by atoms with van der Waals surface area (Å²) in [5.74, 6) is -1.62. The number of carboxylic acids is 1. The van der Waals surface area contributed by atoms with Crippen LogP contribution in [0.1, 0.15) is 25.7 Å². The highest BCUT2D eigenvalue weighted by Gasteiger charge is 2.19. The van der Waals surface area contributed by atoms with E-state index in [1.54, 1.807) is 0 Å². The number of ether oxygens (including phenoxy) is 1. The van der Waals surface area contributed by atoms with Crippen LogP contribution in [0.2, 0.25) is 0 Å². The molecule has 6 heteroatoms. The highest BCUT2D eigenvalue weighted by Crippen LogP contribution is 2.15. The van der Waals surface area contributed by atoms with Crippen molar-refractivity contribution in [1.29, 1.82) is 0 Å². The van der Waals surface area contributed by atoms with E-state index >= 15 is 0 Å². The van der Waals surface area contributed by atoms with Crippen molar-refractivity contribution in [3.8, 4) is 0 Å². The molecule has 0 aromatic rings. The lowest BCUT2D eigenvalue weighted by Crippen LogP contribution is -2.38. The average Bonchev–Trinajstić information content (AvgIpc) is 2.27. The summed E-state index contributed by atoms with van der Waals surface area (Å²) in [7, 11) is 0. The molecule has 0 aromatic carbocycles. The van der Waals surface area contributed by atoms with E-state index in [0.29, 0.717) is 6.61 Å². The Hall–Kier alpha value is -1.14. The number of carbonyl (C=O) groups is 2. The maximum atomic E-state index is 11.3. The Morgan fingerprint density at radius 2 is 2.19 bits per heavy atom. The molecular weight excluding hydrogens is 214 g/mol. The Morgan fingerprint density at radius 3 is 2.75 bits per heavy atom.